The Hall–Kier alpha value is -1.23. The average molecular weight is 110 g/mol. The van der Waals surface area contributed by atoms with Crippen molar-refractivity contribution in [3.05, 3.63) is 12.3 Å². The van der Waals surface area contributed by atoms with Crippen LogP contribution < -0.4 is 0 Å². The molecule has 0 saturated heterocycles. The third kappa shape index (κ3) is 4.77. The molecule has 2 nitrogen and oxygen atoms in total. The number of aldehydes is 1. The molecule has 0 unspecified atom stereocenters. The predicted octanol–water partition coefficient (Wildman–Crippen LogP) is 0.349. The minimum absolute atomic E-state index is 0.213. The number of hydrogen-bond acceptors (Lipinski definition) is 2. The SMILES string of the molecule is C#CCO/C=C/C=O. The second kappa shape index (κ2) is 5.77. The van der Waals surface area contributed by atoms with Gasteiger partial charge in [-0.25, -0.2) is 0 Å². The van der Waals surface area contributed by atoms with E-state index in [2.05, 4.69) is 10.7 Å². The van der Waals surface area contributed by atoms with Crippen LogP contribution in [0.4, 0.5) is 0 Å². The van der Waals surface area contributed by atoms with Crippen LogP contribution in [0.1, 0.15) is 0 Å². The van der Waals surface area contributed by atoms with Gasteiger partial charge in [-0.3, -0.25) is 4.79 Å². The number of carbonyl (C=O) groups is 1. The van der Waals surface area contributed by atoms with Crippen LogP contribution in [0.3, 0.4) is 0 Å². The number of rotatable bonds is 3. The lowest BCUT2D eigenvalue weighted by atomic mass is 10.7. The van der Waals surface area contributed by atoms with Crippen molar-refractivity contribution < 1.29 is 9.53 Å². The van der Waals surface area contributed by atoms with E-state index in [1.165, 1.54) is 12.3 Å². The molecule has 0 aliphatic rings. The van der Waals surface area contributed by atoms with Crippen molar-refractivity contribution in [3.63, 3.8) is 0 Å². The quantitative estimate of drug-likeness (QED) is 0.172. The maximum absolute atomic E-state index is 9.55. The summed E-state index contributed by atoms with van der Waals surface area (Å²) >= 11 is 0. The van der Waals surface area contributed by atoms with E-state index in [1.807, 2.05) is 0 Å². The summed E-state index contributed by atoms with van der Waals surface area (Å²) in [5.74, 6) is 2.24. The Morgan fingerprint density at radius 2 is 2.50 bits per heavy atom. The van der Waals surface area contributed by atoms with Gasteiger partial charge in [-0.05, 0) is 0 Å². The van der Waals surface area contributed by atoms with Gasteiger partial charge in [-0.2, -0.15) is 0 Å². The van der Waals surface area contributed by atoms with Gasteiger partial charge in [0.1, 0.15) is 12.9 Å². The third-order valence-corrected chi connectivity index (χ3v) is 0.420. The zero-order chi connectivity index (χ0) is 6.24. The van der Waals surface area contributed by atoms with E-state index in [0.717, 1.165) is 0 Å². The number of terminal acetylenes is 1. The van der Waals surface area contributed by atoms with Crippen LogP contribution in [0.5, 0.6) is 0 Å². The van der Waals surface area contributed by atoms with Gasteiger partial charge in [-0.15, -0.1) is 6.42 Å². The van der Waals surface area contributed by atoms with Crippen molar-refractivity contribution in [2.24, 2.45) is 0 Å². The zero-order valence-corrected chi connectivity index (χ0v) is 4.33. The lowest BCUT2D eigenvalue weighted by Crippen LogP contribution is -1.78. The molecule has 0 aromatic rings. The minimum Gasteiger partial charge on any atom is -0.488 e. The van der Waals surface area contributed by atoms with Gasteiger partial charge in [0.15, 0.2) is 0 Å². The lowest BCUT2D eigenvalue weighted by molar-refractivity contribution is -0.104. The smallest absolute Gasteiger partial charge is 0.147 e. The van der Waals surface area contributed by atoms with Crippen molar-refractivity contribution in [1.29, 1.82) is 0 Å². The van der Waals surface area contributed by atoms with Crippen LogP contribution in [0.25, 0.3) is 0 Å². The first-order valence-electron chi connectivity index (χ1n) is 2.07. The lowest BCUT2D eigenvalue weighted by Gasteiger charge is -1.86. The van der Waals surface area contributed by atoms with Gasteiger partial charge in [0.2, 0.25) is 0 Å². The van der Waals surface area contributed by atoms with Gasteiger partial charge < -0.3 is 4.74 Å². The molecule has 0 N–H and O–H groups in total. The molecule has 0 fully saturated rings. The third-order valence-electron chi connectivity index (χ3n) is 0.420. The summed E-state index contributed by atoms with van der Waals surface area (Å²) in [5.41, 5.74) is 0. The van der Waals surface area contributed by atoms with Crippen LogP contribution in [-0.4, -0.2) is 12.9 Å². The number of ether oxygens (including phenoxy) is 1. The number of carbonyl (C=O) groups excluding carboxylic acids is 1. The molecule has 0 atom stereocenters. The van der Waals surface area contributed by atoms with Crippen LogP contribution in [0, 0.1) is 12.3 Å². The van der Waals surface area contributed by atoms with Crippen molar-refractivity contribution in [1.82, 2.24) is 0 Å². The fourth-order valence-corrected chi connectivity index (χ4v) is 0.184. The van der Waals surface area contributed by atoms with Crippen LogP contribution >= 0.6 is 0 Å². The van der Waals surface area contributed by atoms with Gasteiger partial charge >= 0.3 is 0 Å². The molecule has 0 rings (SSSR count). The maximum Gasteiger partial charge on any atom is 0.147 e. The highest BCUT2D eigenvalue weighted by Crippen LogP contribution is 1.71. The molecule has 0 spiro atoms. The van der Waals surface area contributed by atoms with E-state index >= 15 is 0 Å². The Kier molecular flexibility index (Phi) is 4.88. The first kappa shape index (κ1) is 6.77. The highest BCUT2D eigenvalue weighted by Gasteiger charge is 1.67. The summed E-state index contributed by atoms with van der Waals surface area (Å²) in [7, 11) is 0. The first-order chi connectivity index (χ1) is 3.91. The van der Waals surface area contributed by atoms with Crippen molar-refractivity contribution in [3.8, 4) is 12.3 Å². The van der Waals surface area contributed by atoms with E-state index in [9.17, 15) is 4.79 Å². The topological polar surface area (TPSA) is 26.3 Å². The minimum atomic E-state index is 0.213. The van der Waals surface area contributed by atoms with Crippen molar-refractivity contribution in [2.75, 3.05) is 6.61 Å². The van der Waals surface area contributed by atoms with E-state index in [4.69, 9.17) is 6.42 Å². The molecule has 2 heteroatoms. The second-order valence-corrected chi connectivity index (χ2v) is 0.980. The Bertz CT molecular complexity index is 119. The van der Waals surface area contributed by atoms with E-state index < -0.39 is 0 Å². The summed E-state index contributed by atoms with van der Waals surface area (Å²) in [6.07, 6.45) is 7.93. The van der Waals surface area contributed by atoms with E-state index in [-0.39, 0.29) is 6.61 Å². The molecule has 0 amide bonds. The van der Waals surface area contributed by atoms with E-state index in [1.54, 1.807) is 0 Å². The highest BCUT2D eigenvalue weighted by molar-refractivity contribution is 5.64. The molecule has 0 bridgehead atoms. The average Bonchev–Trinajstić information content (AvgIpc) is 1.81. The van der Waals surface area contributed by atoms with Gasteiger partial charge in [-0.1, -0.05) is 5.92 Å². The Labute approximate surface area is 48.1 Å². The van der Waals surface area contributed by atoms with Crippen LogP contribution in [0.15, 0.2) is 12.3 Å². The molecular formula is C6H6O2. The van der Waals surface area contributed by atoms with Crippen molar-refractivity contribution >= 4 is 6.29 Å². The van der Waals surface area contributed by atoms with Crippen LogP contribution in [-0.2, 0) is 9.53 Å². The standard InChI is InChI=1S/C6H6O2/c1-2-5-8-6-3-4-7/h1,3-4,6H,5H2/b6-3+. The van der Waals surface area contributed by atoms with Crippen LogP contribution in [0.2, 0.25) is 0 Å². The Morgan fingerprint density at radius 1 is 1.75 bits per heavy atom. The summed E-state index contributed by atoms with van der Waals surface area (Å²) in [6, 6.07) is 0. The molecule has 42 valence electrons. The van der Waals surface area contributed by atoms with Gasteiger partial charge in [0.25, 0.3) is 0 Å². The number of allylic oxidation sites excluding steroid dienone is 1. The largest absolute Gasteiger partial charge is 0.488 e. The van der Waals surface area contributed by atoms with Gasteiger partial charge in [0.05, 0.1) is 6.26 Å². The molecule has 0 aliphatic heterocycles. The molecule has 0 aromatic heterocycles. The summed E-state index contributed by atoms with van der Waals surface area (Å²) in [4.78, 5) is 9.55. The maximum atomic E-state index is 9.55. The fraction of sp³-hybridized carbons (Fsp3) is 0.167. The van der Waals surface area contributed by atoms with E-state index in [0.29, 0.717) is 6.29 Å². The second-order valence-electron chi connectivity index (χ2n) is 0.980. The summed E-state index contributed by atoms with van der Waals surface area (Å²) in [5, 5.41) is 0. The Morgan fingerprint density at radius 3 is 3.00 bits per heavy atom. The predicted molar refractivity (Wildman–Crippen MR) is 30.0 cm³/mol. The Balaban J connectivity index is 3.06. The molecule has 0 aliphatic carbocycles. The molecule has 0 radical (unpaired) electrons. The van der Waals surface area contributed by atoms with Gasteiger partial charge in [0, 0.05) is 6.08 Å². The number of hydrogen-bond donors (Lipinski definition) is 0. The molecule has 0 heterocycles. The molecule has 0 aromatic carbocycles. The van der Waals surface area contributed by atoms with Crippen molar-refractivity contribution in [2.45, 2.75) is 0 Å². The monoisotopic (exact) mass is 110 g/mol. The summed E-state index contributed by atoms with van der Waals surface area (Å²) in [6.45, 7) is 0.213. The summed E-state index contributed by atoms with van der Waals surface area (Å²) < 4.78 is 4.58. The molecule has 8 heavy (non-hydrogen) atoms. The first-order valence-corrected chi connectivity index (χ1v) is 2.07. The molecular weight excluding hydrogens is 104 g/mol. The fourth-order valence-electron chi connectivity index (χ4n) is 0.184. The zero-order valence-electron chi connectivity index (χ0n) is 4.33. The molecule has 0 saturated carbocycles. The highest BCUT2D eigenvalue weighted by atomic mass is 16.5. The normalized spacial score (nSPS) is 8.38.